The van der Waals surface area contributed by atoms with Crippen LogP contribution in [0.1, 0.15) is 21.3 Å². The number of β-lactam (4-membered cyclic amide) rings is 1. The molecule has 2 N–H and O–H groups in total. The second-order valence-corrected chi connectivity index (χ2v) is 12.3. The summed E-state index contributed by atoms with van der Waals surface area (Å²) in [5, 5.41) is 31.6. The number of ether oxygens (including phenoxy) is 1. The molecule has 4 heterocycles. The summed E-state index contributed by atoms with van der Waals surface area (Å²) >= 11 is 10.1. The van der Waals surface area contributed by atoms with Gasteiger partial charge in [0.25, 0.3) is 17.5 Å². The number of carbonyl (C=O) groups excluding carboxylic acids is 2. The summed E-state index contributed by atoms with van der Waals surface area (Å²) < 4.78 is 11.8. The molecule has 1 aromatic carbocycles. The number of halogens is 1. The van der Waals surface area contributed by atoms with Gasteiger partial charge in [-0.3, -0.25) is 24.6 Å². The summed E-state index contributed by atoms with van der Waals surface area (Å²) in [5.74, 6) is -1.26. The molecule has 0 spiro atoms. The first-order valence-electron chi connectivity index (χ1n) is 11.4. The van der Waals surface area contributed by atoms with E-state index in [4.69, 9.17) is 20.8 Å². The molecule has 3 aromatic rings. The lowest BCUT2D eigenvalue weighted by Crippen LogP contribution is -2.70. The smallest absolute Gasteiger partial charge is 0.352 e. The number of thioether (sulfide) groups is 2. The number of rotatable bonds is 10. The number of nitro groups is 1. The number of furan rings is 1. The molecule has 40 heavy (non-hydrogen) atoms. The fraction of sp³-hybridized carbons (Fsp3) is 0.261. The van der Waals surface area contributed by atoms with E-state index in [1.165, 1.54) is 64.0 Å². The molecule has 208 valence electrons. The van der Waals surface area contributed by atoms with E-state index < -0.39 is 34.1 Å². The van der Waals surface area contributed by atoms with Crippen molar-refractivity contribution in [1.82, 2.24) is 20.4 Å². The van der Waals surface area contributed by atoms with Crippen LogP contribution in [0, 0.1) is 17.0 Å². The summed E-state index contributed by atoms with van der Waals surface area (Å²) in [5.41, 5.74) is 0.336. The number of aliphatic carboxylic acids is 1. The highest BCUT2D eigenvalue weighted by Crippen LogP contribution is 2.42. The van der Waals surface area contributed by atoms with Gasteiger partial charge in [-0.25, -0.2) is 4.79 Å². The van der Waals surface area contributed by atoms with Crippen LogP contribution in [-0.4, -0.2) is 65.8 Å². The molecule has 1 fully saturated rings. The molecule has 0 radical (unpaired) electrons. The molecule has 2 unspecified atom stereocenters. The molecule has 2 aliphatic rings. The van der Waals surface area contributed by atoms with Gasteiger partial charge < -0.3 is 19.6 Å². The monoisotopic (exact) mass is 623 g/mol. The maximum absolute atomic E-state index is 12.9. The average molecular weight is 624 g/mol. The summed E-state index contributed by atoms with van der Waals surface area (Å²) in [6.45, 7) is 1.72. The third-order valence-corrected chi connectivity index (χ3v) is 9.49. The van der Waals surface area contributed by atoms with Crippen molar-refractivity contribution < 1.29 is 33.6 Å². The van der Waals surface area contributed by atoms with E-state index in [9.17, 15) is 29.6 Å². The lowest BCUT2D eigenvalue weighted by atomic mass is 10.0. The Morgan fingerprint density at radius 2 is 2.15 bits per heavy atom. The number of hydrogen-bond acceptors (Lipinski definition) is 12. The number of benzene rings is 1. The van der Waals surface area contributed by atoms with E-state index in [-0.39, 0.29) is 40.3 Å². The third-order valence-electron chi connectivity index (χ3n) is 5.80. The Hall–Kier alpha value is -3.60. The number of carbonyl (C=O) groups is 3. The van der Waals surface area contributed by atoms with E-state index in [0.29, 0.717) is 21.4 Å². The molecule has 2 aliphatic heterocycles. The summed E-state index contributed by atoms with van der Waals surface area (Å²) in [4.78, 5) is 49.3. The SMILES string of the molecule is Cc1nnc(SCC2=C(C(=O)O)N3C(=O)C(NC(=O)c4ccc(COc5ccc([N+](=O)[O-])cc5Cl)o4)C3SC2)s1. The number of nitrogens with zero attached hydrogens (tertiary/aromatic N) is 4. The zero-order chi connectivity index (χ0) is 28.6. The molecule has 0 bridgehead atoms. The van der Waals surface area contributed by atoms with Crippen molar-refractivity contribution in [1.29, 1.82) is 0 Å². The van der Waals surface area contributed by atoms with Crippen molar-refractivity contribution in [2.45, 2.75) is 29.3 Å². The van der Waals surface area contributed by atoms with Crippen LogP contribution in [0.2, 0.25) is 5.02 Å². The van der Waals surface area contributed by atoms with Gasteiger partial charge in [0, 0.05) is 23.6 Å². The Morgan fingerprint density at radius 1 is 1.35 bits per heavy atom. The minimum absolute atomic E-state index is 0.0450. The summed E-state index contributed by atoms with van der Waals surface area (Å²) in [6.07, 6.45) is 0. The molecule has 2 amide bonds. The Morgan fingerprint density at radius 3 is 2.83 bits per heavy atom. The largest absolute Gasteiger partial charge is 0.484 e. The molecule has 0 aliphatic carbocycles. The van der Waals surface area contributed by atoms with Gasteiger partial charge in [-0.1, -0.05) is 34.7 Å². The quantitative estimate of drug-likeness (QED) is 0.145. The van der Waals surface area contributed by atoms with Crippen molar-refractivity contribution >= 4 is 69.9 Å². The Kier molecular flexibility index (Phi) is 8.02. The van der Waals surface area contributed by atoms with Crippen molar-refractivity contribution in [2.24, 2.45) is 0 Å². The van der Waals surface area contributed by atoms with Crippen LogP contribution in [0.5, 0.6) is 5.75 Å². The van der Waals surface area contributed by atoms with E-state index in [1.54, 1.807) is 0 Å². The first-order chi connectivity index (χ1) is 19.1. The first-order valence-corrected chi connectivity index (χ1v) is 14.6. The lowest BCUT2D eigenvalue weighted by molar-refractivity contribution is -0.384. The van der Waals surface area contributed by atoms with Crippen LogP contribution in [0.25, 0.3) is 0 Å². The van der Waals surface area contributed by atoms with E-state index in [2.05, 4.69) is 15.5 Å². The van der Waals surface area contributed by atoms with E-state index in [1.807, 2.05) is 6.92 Å². The normalized spacial score (nSPS) is 18.2. The number of aryl methyl sites for hydroxylation is 1. The second kappa shape index (κ2) is 11.5. The Bertz CT molecular complexity index is 1560. The number of amides is 2. The molecule has 1 saturated heterocycles. The predicted molar refractivity (Wildman–Crippen MR) is 146 cm³/mol. The van der Waals surface area contributed by atoms with Crippen molar-refractivity contribution in [2.75, 3.05) is 11.5 Å². The van der Waals surface area contributed by atoms with Gasteiger partial charge in [0.2, 0.25) is 0 Å². The zero-order valence-electron chi connectivity index (χ0n) is 20.4. The van der Waals surface area contributed by atoms with Crippen molar-refractivity contribution in [3.63, 3.8) is 0 Å². The van der Waals surface area contributed by atoms with Crippen LogP contribution < -0.4 is 10.1 Å². The summed E-state index contributed by atoms with van der Waals surface area (Å²) in [6, 6.07) is 5.76. The molecule has 17 heteroatoms. The second-order valence-electron chi connectivity index (χ2n) is 8.42. The van der Waals surface area contributed by atoms with Crippen LogP contribution in [0.4, 0.5) is 5.69 Å². The molecular formula is C23H18ClN5O8S3. The van der Waals surface area contributed by atoms with Crippen LogP contribution in [0.3, 0.4) is 0 Å². The van der Waals surface area contributed by atoms with Gasteiger partial charge in [-0.2, -0.15) is 0 Å². The highest BCUT2D eigenvalue weighted by atomic mass is 35.5. The number of aromatic nitrogens is 2. The van der Waals surface area contributed by atoms with Crippen LogP contribution >= 0.6 is 46.5 Å². The molecule has 2 aromatic heterocycles. The standard InChI is InChI=1S/C23H18ClN5O8S3/c1-10-26-27-23(40-10)39-9-11-8-38-21-17(20(31)28(21)18(11)22(32)33)25-19(30)16-5-3-13(37-16)7-36-15-4-2-12(29(34)35)6-14(15)24/h2-6,17,21H,7-9H2,1H3,(H,25,30)(H,32,33). The van der Waals surface area contributed by atoms with E-state index in [0.717, 1.165) is 11.1 Å². The fourth-order valence-electron chi connectivity index (χ4n) is 3.94. The van der Waals surface area contributed by atoms with Crippen LogP contribution in [0.15, 0.2) is 50.4 Å². The number of carboxylic acid groups (broad SMARTS) is 1. The Labute approximate surface area is 243 Å². The molecule has 0 saturated carbocycles. The van der Waals surface area contributed by atoms with Crippen molar-refractivity contribution in [3.8, 4) is 5.75 Å². The number of nitrogens with one attached hydrogen (secondary N) is 1. The van der Waals surface area contributed by atoms with Gasteiger partial charge in [-0.05, 0) is 30.7 Å². The number of fused-ring (bicyclic) bond motifs is 1. The number of carboxylic acids is 1. The topological polar surface area (TPSA) is 178 Å². The molecular weight excluding hydrogens is 606 g/mol. The minimum Gasteiger partial charge on any atom is -0.484 e. The highest BCUT2D eigenvalue weighted by molar-refractivity contribution is 8.01. The average Bonchev–Trinajstić information content (AvgIpc) is 3.57. The predicted octanol–water partition coefficient (Wildman–Crippen LogP) is 3.72. The fourth-order valence-corrected chi connectivity index (χ4v) is 7.47. The number of non-ortho nitro benzene ring substituents is 1. The summed E-state index contributed by atoms with van der Waals surface area (Å²) in [7, 11) is 0. The Balaban J connectivity index is 1.19. The minimum atomic E-state index is -1.21. The van der Waals surface area contributed by atoms with Crippen LogP contribution in [-0.2, 0) is 16.2 Å². The van der Waals surface area contributed by atoms with Gasteiger partial charge in [-0.15, -0.1) is 22.0 Å². The lowest BCUT2D eigenvalue weighted by Gasteiger charge is -2.49. The van der Waals surface area contributed by atoms with Gasteiger partial charge >= 0.3 is 5.97 Å². The maximum Gasteiger partial charge on any atom is 0.352 e. The van der Waals surface area contributed by atoms with Gasteiger partial charge in [0.15, 0.2) is 10.1 Å². The number of nitro benzene ring substituents is 1. The molecule has 13 nitrogen and oxygen atoms in total. The van der Waals surface area contributed by atoms with Gasteiger partial charge in [0.1, 0.15) is 40.2 Å². The van der Waals surface area contributed by atoms with E-state index >= 15 is 0 Å². The van der Waals surface area contributed by atoms with Crippen molar-refractivity contribution in [3.05, 3.63) is 73.3 Å². The third kappa shape index (κ3) is 5.65. The molecule has 2 atom stereocenters. The van der Waals surface area contributed by atoms with Gasteiger partial charge in [0.05, 0.1) is 9.95 Å². The highest BCUT2D eigenvalue weighted by Gasteiger charge is 2.54. The molecule has 5 rings (SSSR count). The maximum atomic E-state index is 12.9. The zero-order valence-corrected chi connectivity index (χ0v) is 23.6. The first kappa shape index (κ1) is 27.9. The number of hydrogen-bond donors (Lipinski definition) is 2.